The van der Waals surface area contributed by atoms with Gasteiger partial charge in [-0.15, -0.1) is 0 Å². The molecule has 3 fully saturated rings. The molecule has 2 unspecified atom stereocenters. The zero-order valence-corrected chi connectivity index (χ0v) is 12.3. The normalized spacial score (nSPS) is 36.4. The Morgan fingerprint density at radius 3 is 2.48 bits per heavy atom. The van der Waals surface area contributed by atoms with Crippen molar-refractivity contribution < 1.29 is 19.8 Å². The highest BCUT2D eigenvalue weighted by Gasteiger charge is 2.44. The fraction of sp³-hybridized carbons (Fsp3) is 0.867. The van der Waals surface area contributed by atoms with Crippen LogP contribution in [0.15, 0.2) is 0 Å². The maximum atomic E-state index is 12.8. The number of rotatable bonds is 1. The molecule has 118 valence electrons. The van der Waals surface area contributed by atoms with Crippen molar-refractivity contribution in [1.29, 1.82) is 0 Å². The van der Waals surface area contributed by atoms with Gasteiger partial charge in [-0.25, -0.2) is 9.59 Å². The van der Waals surface area contributed by atoms with Crippen molar-refractivity contribution >= 4 is 12.0 Å². The Bertz CT molecular complexity index is 426. The number of urea groups is 1. The first-order valence-electron chi connectivity index (χ1n) is 8.06. The van der Waals surface area contributed by atoms with Gasteiger partial charge in [0.05, 0.1) is 6.10 Å². The fourth-order valence-corrected chi connectivity index (χ4v) is 4.29. The molecule has 1 aliphatic carbocycles. The Morgan fingerprint density at radius 2 is 1.71 bits per heavy atom. The zero-order chi connectivity index (χ0) is 15.0. The summed E-state index contributed by atoms with van der Waals surface area (Å²) < 4.78 is 0. The van der Waals surface area contributed by atoms with Crippen LogP contribution in [0.2, 0.25) is 0 Å². The monoisotopic (exact) mass is 296 g/mol. The molecule has 0 spiro atoms. The van der Waals surface area contributed by atoms with Crippen LogP contribution in [0.3, 0.4) is 0 Å². The highest BCUT2D eigenvalue weighted by atomic mass is 16.4. The lowest BCUT2D eigenvalue weighted by atomic mass is 9.78. The second-order valence-electron chi connectivity index (χ2n) is 6.63. The molecule has 2 N–H and O–H groups in total. The number of carbonyl (C=O) groups excluding carboxylic acids is 1. The minimum Gasteiger partial charge on any atom is -0.480 e. The number of piperidine rings is 1. The van der Waals surface area contributed by atoms with Gasteiger partial charge in [-0.3, -0.25) is 0 Å². The molecule has 0 radical (unpaired) electrons. The van der Waals surface area contributed by atoms with Crippen LogP contribution >= 0.6 is 0 Å². The summed E-state index contributed by atoms with van der Waals surface area (Å²) in [7, 11) is 0. The minimum atomic E-state index is -1.02. The quantitative estimate of drug-likeness (QED) is 0.764. The second kappa shape index (κ2) is 5.83. The highest BCUT2D eigenvalue weighted by molar-refractivity contribution is 5.83. The van der Waals surface area contributed by atoms with E-state index < -0.39 is 18.1 Å². The molecule has 2 saturated heterocycles. The summed E-state index contributed by atoms with van der Waals surface area (Å²) in [4.78, 5) is 27.4. The number of carbonyl (C=O) groups is 2. The molecule has 3 aliphatic rings. The van der Waals surface area contributed by atoms with Crippen LogP contribution in [0.5, 0.6) is 0 Å². The highest BCUT2D eigenvalue weighted by Crippen LogP contribution is 2.36. The number of likely N-dealkylation sites (tertiary alicyclic amines) is 2. The molecule has 6 heteroatoms. The van der Waals surface area contributed by atoms with E-state index in [1.807, 2.05) is 4.90 Å². The zero-order valence-electron chi connectivity index (χ0n) is 12.3. The lowest BCUT2D eigenvalue weighted by molar-refractivity contribution is -0.141. The van der Waals surface area contributed by atoms with E-state index in [1.165, 1.54) is 24.2 Å². The molecule has 2 aliphatic heterocycles. The molecule has 3 rings (SSSR count). The number of hydrogen-bond donors (Lipinski definition) is 2. The molecule has 4 atom stereocenters. The number of nitrogens with zero attached hydrogens (tertiary/aromatic N) is 2. The van der Waals surface area contributed by atoms with Gasteiger partial charge in [-0.2, -0.15) is 0 Å². The number of aliphatic hydroxyl groups is 1. The van der Waals surface area contributed by atoms with Crippen molar-refractivity contribution in [3.63, 3.8) is 0 Å². The van der Waals surface area contributed by atoms with Crippen LogP contribution in [-0.4, -0.2) is 63.3 Å². The van der Waals surface area contributed by atoms with E-state index in [0.717, 1.165) is 25.8 Å². The lowest BCUT2D eigenvalue weighted by Crippen LogP contribution is -2.56. The summed E-state index contributed by atoms with van der Waals surface area (Å²) in [6.07, 6.45) is 6.20. The van der Waals surface area contributed by atoms with Crippen LogP contribution in [0, 0.1) is 5.92 Å². The standard InChI is InChI=1S/C15H24N2O4/c18-11-8-13(14(19)20)17(9-11)15(21)16-7-3-5-10-4-1-2-6-12(10)16/h10-13,18H,1-9H2,(H,19,20)/t10?,11-,12?,13+/m1/s1. The maximum absolute atomic E-state index is 12.8. The smallest absolute Gasteiger partial charge is 0.326 e. The molecule has 6 nitrogen and oxygen atoms in total. The summed E-state index contributed by atoms with van der Waals surface area (Å²) in [6.45, 7) is 0.864. The number of carboxylic acids is 1. The Morgan fingerprint density at radius 1 is 1.00 bits per heavy atom. The van der Waals surface area contributed by atoms with Crippen LogP contribution in [-0.2, 0) is 4.79 Å². The van der Waals surface area contributed by atoms with E-state index in [1.54, 1.807) is 0 Å². The largest absolute Gasteiger partial charge is 0.480 e. The third kappa shape index (κ3) is 2.73. The van der Waals surface area contributed by atoms with Crippen LogP contribution in [0.1, 0.15) is 44.9 Å². The van der Waals surface area contributed by atoms with Crippen molar-refractivity contribution in [2.45, 2.75) is 63.1 Å². The third-order valence-electron chi connectivity index (χ3n) is 5.30. The molecule has 21 heavy (non-hydrogen) atoms. The Kier molecular flexibility index (Phi) is 4.06. The van der Waals surface area contributed by atoms with Crippen molar-refractivity contribution in [2.24, 2.45) is 5.92 Å². The predicted molar refractivity (Wildman–Crippen MR) is 75.8 cm³/mol. The second-order valence-corrected chi connectivity index (χ2v) is 6.63. The average molecular weight is 296 g/mol. The summed E-state index contributed by atoms with van der Waals surface area (Å²) >= 11 is 0. The number of β-amino-alcohol motifs (C(OH)–C–C–N with tert-alkyl or cyclic N) is 1. The number of fused-ring (bicyclic) bond motifs is 1. The number of hydrogen-bond acceptors (Lipinski definition) is 3. The van der Waals surface area contributed by atoms with Crippen LogP contribution < -0.4 is 0 Å². The molecular formula is C15H24N2O4. The lowest BCUT2D eigenvalue weighted by Gasteiger charge is -2.45. The van der Waals surface area contributed by atoms with E-state index in [2.05, 4.69) is 0 Å². The molecule has 1 saturated carbocycles. The van der Waals surface area contributed by atoms with Gasteiger partial charge in [0.1, 0.15) is 6.04 Å². The van der Waals surface area contributed by atoms with Crippen molar-refractivity contribution in [1.82, 2.24) is 9.80 Å². The molecule has 0 aromatic heterocycles. The third-order valence-corrected chi connectivity index (χ3v) is 5.30. The van der Waals surface area contributed by atoms with Gasteiger partial charge >= 0.3 is 12.0 Å². The summed E-state index contributed by atoms with van der Waals surface area (Å²) in [6, 6.07) is -0.792. The topological polar surface area (TPSA) is 81.1 Å². The summed E-state index contributed by atoms with van der Waals surface area (Å²) in [5, 5.41) is 19.0. The van der Waals surface area contributed by atoms with Crippen LogP contribution in [0.4, 0.5) is 4.79 Å². The van der Waals surface area contributed by atoms with Gasteiger partial charge in [-0.05, 0) is 31.6 Å². The maximum Gasteiger partial charge on any atom is 0.326 e. The number of aliphatic hydroxyl groups excluding tert-OH is 1. The van der Waals surface area contributed by atoms with Gasteiger partial charge in [-0.1, -0.05) is 12.8 Å². The van der Waals surface area contributed by atoms with E-state index >= 15 is 0 Å². The van der Waals surface area contributed by atoms with E-state index in [0.29, 0.717) is 5.92 Å². The number of carboxylic acid groups (broad SMARTS) is 1. The van der Waals surface area contributed by atoms with Gasteiger partial charge in [0, 0.05) is 25.6 Å². The van der Waals surface area contributed by atoms with Gasteiger partial charge in [0.2, 0.25) is 0 Å². The average Bonchev–Trinajstić information content (AvgIpc) is 2.88. The van der Waals surface area contributed by atoms with Gasteiger partial charge < -0.3 is 20.0 Å². The van der Waals surface area contributed by atoms with Gasteiger partial charge in [0.25, 0.3) is 0 Å². The molecule has 2 amide bonds. The number of amides is 2. The molecule has 2 heterocycles. The molecule has 0 aromatic carbocycles. The van der Waals surface area contributed by atoms with E-state index in [9.17, 15) is 19.8 Å². The predicted octanol–water partition coefficient (Wildman–Crippen LogP) is 1.28. The molecular weight excluding hydrogens is 272 g/mol. The first kappa shape index (κ1) is 14.6. The SMILES string of the molecule is O=C(O)[C@@H]1C[C@@H](O)CN1C(=O)N1CCCC2CCCCC21. The Balaban J connectivity index is 1.75. The molecule has 0 bridgehead atoms. The molecule has 0 aromatic rings. The van der Waals surface area contributed by atoms with E-state index in [-0.39, 0.29) is 25.0 Å². The van der Waals surface area contributed by atoms with E-state index in [4.69, 9.17) is 0 Å². The summed E-state index contributed by atoms with van der Waals surface area (Å²) in [5.41, 5.74) is 0. The van der Waals surface area contributed by atoms with Crippen LogP contribution in [0.25, 0.3) is 0 Å². The Labute approximate surface area is 124 Å². The first-order valence-corrected chi connectivity index (χ1v) is 8.06. The Hall–Kier alpha value is -1.30. The van der Waals surface area contributed by atoms with Gasteiger partial charge in [0.15, 0.2) is 0 Å². The summed E-state index contributed by atoms with van der Waals surface area (Å²) in [5.74, 6) is -0.440. The number of aliphatic carboxylic acids is 1. The first-order chi connectivity index (χ1) is 10.1. The minimum absolute atomic E-state index is 0.142. The fourth-order valence-electron chi connectivity index (χ4n) is 4.29. The van der Waals surface area contributed by atoms with Crippen molar-refractivity contribution in [3.8, 4) is 0 Å². The van der Waals surface area contributed by atoms with Crippen molar-refractivity contribution in [3.05, 3.63) is 0 Å². The van der Waals surface area contributed by atoms with Crippen molar-refractivity contribution in [2.75, 3.05) is 13.1 Å².